The van der Waals surface area contributed by atoms with E-state index in [1.165, 1.54) is 36.4 Å². The van der Waals surface area contributed by atoms with Gasteiger partial charge in [-0.05, 0) is 64.4 Å². The molecule has 1 aliphatic heterocycles. The number of hydrogen-bond acceptors (Lipinski definition) is 7. The van der Waals surface area contributed by atoms with Crippen LogP contribution in [0, 0.1) is 24.6 Å². The molecule has 2 aromatic rings. The fourth-order valence-electron chi connectivity index (χ4n) is 4.87. The number of esters is 1. The van der Waals surface area contributed by atoms with Gasteiger partial charge in [0.2, 0.25) is 10.0 Å². The van der Waals surface area contributed by atoms with Crippen LogP contribution in [0.25, 0.3) is 0 Å². The van der Waals surface area contributed by atoms with Crippen molar-refractivity contribution in [1.82, 2.24) is 9.62 Å². The van der Waals surface area contributed by atoms with Crippen molar-refractivity contribution in [2.24, 2.45) is 11.8 Å². The Bertz CT molecular complexity index is 1320. The van der Waals surface area contributed by atoms with E-state index < -0.39 is 69.8 Å². The highest BCUT2D eigenvalue weighted by Gasteiger charge is 2.54. The van der Waals surface area contributed by atoms with E-state index in [2.05, 4.69) is 5.32 Å². The van der Waals surface area contributed by atoms with Gasteiger partial charge in [-0.1, -0.05) is 29.8 Å². The summed E-state index contributed by atoms with van der Waals surface area (Å²) < 4.78 is 52.7. The molecule has 3 rings (SSSR count). The van der Waals surface area contributed by atoms with Gasteiger partial charge in [-0.3, -0.25) is 9.59 Å². The third-order valence-corrected chi connectivity index (χ3v) is 8.44. The van der Waals surface area contributed by atoms with Crippen molar-refractivity contribution in [3.05, 3.63) is 65.5 Å². The first kappa shape index (κ1) is 31.0. The first-order chi connectivity index (χ1) is 18.6. The lowest BCUT2D eigenvalue weighted by atomic mass is 9.80. The summed E-state index contributed by atoms with van der Waals surface area (Å²) in [4.78, 5) is 38.1. The number of benzene rings is 2. The summed E-state index contributed by atoms with van der Waals surface area (Å²) in [6.45, 7) is 8.05. The van der Waals surface area contributed by atoms with Gasteiger partial charge in [-0.15, -0.1) is 0 Å². The van der Waals surface area contributed by atoms with E-state index in [-0.39, 0.29) is 18.0 Å². The summed E-state index contributed by atoms with van der Waals surface area (Å²) in [7, 11) is -4.35. The molecule has 1 aliphatic rings. The van der Waals surface area contributed by atoms with Gasteiger partial charge in [0.1, 0.15) is 17.5 Å². The summed E-state index contributed by atoms with van der Waals surface area (Å²) in [6.07, 6.45) is -1.27. The maximum atomic E-state index is 13.8. The van der Waals surface area contributed by atoms with Crippen molar-refractivity contribution in [3.8, 4) is 0 Å². The van der Waals surface area contributed by atoms with Crippen LogP contribution in [0.2, 0.25) is 0 Å². The Labute approximate surface area is 233 Å². The first-order valence-corrected chi connectivity index (χ1v) is 14.3. The molecule has 40 heavy (non-hydrogen) atoms. The number of carbonyl (C=O) groups excluding carboxylic acids is 2. The minimum absolute atomic E-state index is 0.0386. The van der Waals surface area contributed by atoms with E-state index in [4.69, 9.17) is 9.47 Å². The lowest BCUT2D eigenvalue weighted by Gasteiger charge is -2.31. The average molecular weight is 579 g/mol. The Morgan fingerprint density at radius 2 is 1.70 bits per heavy atom. The number of aryl methyl sites for hydroxylation is 1. The predicted molar refractivity (Wildman–Crippen MR) is 143 cm³/mol. The van der Waals surface area contributed by atoms with Crippen molar-refractivity contribution < 1.29 is 41.8 Å². The van der Waals surface area contributed by atoms with Crippen LogP contribution < -0.4 is 5.32 Å². The number of sulfonamides is 1. The van der Waals surface area contributed by atoms with Gasteiger partial charge < -0.3 is 19.9 Å². The quantitative estimate of drug-likeness (QED) is 0.425. The van der Waals surface area contributed by atoms with Gasteiger partial charge >= 0.3 is 18.0 Å². The Morgan fingerprint density at radius 3 is 2.23 bits per heavy atom. The molecule has 12 heteroatoms. The molecule has 0 spiro atoms. The molecule has 218 valence electrons. The smallest absolute Gasteiger partial charge is 0.408 e. The number of nitrogens with one attached hydrogen (secondary N) is 1. The molecule has 0 aliphatic carbocycles. The summed E-state index contributed by atoms with van der Waals surface area (Å²) >= 11 is 0. The normalized spacial score (nSPS) is 20.5. The number of halogens is 1. The van der Waals surface area contributed by atoms with Crippen LogP contribution in [0.5, 0.6) is 0 Å². The molecule has 1 fully saturated rings. The SMILES string of the molecule is CCOC(=O)C[C@@H]1[C@@H]([C@@H](NC(=O)OC(C)(C)C)c2ccc(F)cc2)CN(S(=O)(=O)c2ccc(C)cc2)[C@@H]1C(=O)O. The fourth-order valence-corrected chi connectivity index (χ4v) is 6.54. The second-order valence-electron chi connectivity index (χ2n) is 10.7. The standard InChI is InChI=1S/C28H35FN2O8S/c1-6-38-23(32)15-21-22(24(18-9-11-19(29)12-10-18)30-27(35)39-28(3,4)5)16-31(25(21)26(33)34)40(36,37)20-13-7-17(2)8-14-20/h7-14,21-22,24-25H,6,15-16H2,1-5H3,(H,30,35)(H,33,34)/t21-,22+,24+,25+/m1/s1. The number of amides is 1. The largest absolute Gasteiger partial charge is 0.480 e. The molecular formula is C28H35FN2O8S. The Balaban J connectivity index is 2.15. The third kappa shape index (κ3) is 7.36. The van der Waals surface area contributed by atoms with Crippen LogP contribution in [0.1, 0.15) is 51.3 Å². The van der Waals surface area contributed by atoms with Gasteiger partial charge in [0.05, 0.1) is 24.0 Å². The zero-order chi connectivity index (χ0) is 29.8. The van der Waals surface area contributed by atoms with Crippen molar-refractivity contribution in [3.63, 3.8) is 0 Å². The molecule has 1 heterocycles. The molecule has 2 N–H and O–H groups in total. The number of carboxylic acids is 1. The first-order valence-electron chi connectivity index (χ1n) is 12.9. The number of rotatable bonds is 9. The van der Waals surface area contributed by atoms with Crippen LogP contribution in [0.4, 0.5) is 9.18 Å². The van der Waals surface area contributed by atoms with Crippen LogP contribution in [-0.2, 0) is 29.1 Å². The second-order valence-corrected chi connectivity index (χ2v) is 12.6. The van der Waals surface area contributed by atoms with Gasteiger partial charge in [0.25, 0.3) is 0 Å². The van der Waals surface area contributed by atoms with Crippen molar-refractivity contribution in [2.75, 3.05) is 13.2 Å². The van der Waals surface area contributed by atoms with Crippen molar-refractivity contribution in [1.29, 1.82) is 0 Å². The van der Waals surface area contributed by atoms with Gasteiger partial charge in [-0.25, -0.2) is 17.6 Å². The minimum Gasteiger partial charge on any atom is -0.480 e. The van der Waals surface area contributed by atoms with Crippen molar-refractivity contribution >= 4 is 28.1 Å². The maximum absolute atomic E-state index is 13.8. The molecule has 2 aromatic carbocycles. The molecule has 4 atom stereocenters. The molecule has 0 aromatic heterocycles. The summed E-state index contributed by atoms with van der Waals surface area (Å²) in [5.41, 5.74) is 0.318. The lowest BCUT2D eigenvalue weighted by Crippen LogP contribution is -2.44. The zero-order valence-electron chi connectivity index (χ0n) is 23.1. The Morgan fingerprint density at radius 1 is 1.10 bits per heavy atom. The van der Waals surface area contributed by atoms with Gasteiger partial charge in [0.15, 0.2) is 0 Å². The highest BCUT2D eigenvalue weighted by Crippen LogP contribution is 2.43. The highest BCUT2D eigenvalue weighted by molar-refractivity contribution is 7.89. The topological polar surface area (TPSA) is 139 Å². The Kier molecular flexibility index (Phi) is 9.57. The third-order valence-electron chi connectivity index (χ3n) is 6.57. The van der Waals surface area contributed by atoms with Gasteiger partial charge in [0, 0.05) is 18.4 Å². The predicted octanol–water partition coefficient (Wildman–Crippen LogP) is 4.04. The van der Waals surface area contributed by atoms with E-state index >= 15 is 0 Å². The fraction of sp³-hybridized carbons (Fsp3) is 0.464. The van der Waals surface area contributed by atoms with E-state index in [1.807, 2.05) is 0 Å². The molecule has 1 amide bonds. The van der Waals surface area contributed by atoms with Crippen LogP contribution >= 0.6 is 0 Å². The maximum Gasteiger partial charge on any atom is 0.408 e. The highest BCUT2D eigenvalue weighted by atomic mass is 32.2. The lowest BCUT2D eigenvalue weighted by molar-refractivity contribution is -0.146. The molecule has 10 nitrogen and oxygen atoms in total. The van der Waals surface area contributed by atoms with E-state index in [0.717, 1.165) is 9.87 Å². The Hall–Kier alpha value is -3.51. The number of carbonyl (C=O) groups is 3. The summed E-state index contributed by atoms with van der Waals surface area (Å²) in [6, 6.07) is 8.43. The number of alkyl carbamates (subject to hydrolysis) is 1. The summed E-state index contributed by atoms with van der Waals surface area (Å²) in [5.74, 6) is -4.75. The molecule has 0 unspecified atom stereocenters. The van der Waals surface area contributed by atoms with Gasteiger partial charge in [-0.2, -0.15) is 4.31 Å². The minimum atomic E-state index is -4.35. The molecular weight excluding hydrogens is 543 g/mol. The van der Waals surface area contributed by atoms with E-state index in [0.29, 0.717) is 5.56 Å². The number of nitrogens with zero attached hydrogens (tertiary/aromatic N) is 1. The molecule has 1 saturated heterocycles. The van der Waals surface area contributed by atoms with Crippen LogP contribution in [0.15, 0.2) is 53.4 Å². The number of aliphatic carboxylic acids is 1. The molecule has 0 bridgehead atoms. The van der Waals surface area contributed by atoms with Crippen LogP contribution in [-0.4, -0.2) is 60.7 Å². The number of hydrogen-bond donors (Lipinski definition) is 2. The molecule has 0 radical (unpaired) electrons. The van der Waals surface area contributed by atoms with Crippen molar-refractivity contribution in [2.45, 2.75) is 63.6 Å². The summed E-state index contributed by atoms with van der Waals surface area (Å²) in [5, 5.41) is 13.0. The number of ether oxygens (including phenoxy) is 2. The zero-order valence-corrected chi connectivity index (χ0v) is 23.9. The van der Waals surface area contributed by atoms with E-state index in [1.54, 1.807) is 46.8 Å². The van der Waals surface area contributed by atoms with Crippen LogP contribution in [0.3, 0.4) is 0 Å². The number of carboxylic acid groups (broad SMARTS) is 1. The molecule has 0 saturated carbocycles. The second kappa shape index (κ2) is 12.3. The monoisotopic (exact) mass is 578 g/mol. The van der Waals surface area contributed by atoms with E-state index in [9.17, 15) is 32.3 Å². The average Bonchev–Trinajstić information content (AvgIpc) is 3.22.